The monoisotopic (exact) mass is 258 g/mol. The second-order valence-electron chi connectivity index (χ2n) is 4.11. The average molecular weight is 258 g/mol. The third-order valence-corrected chi connectivity index (χ3v) is 3.95. The van der Waals surface area contributed by atoms with Gasteiger partial charge in [-0.15, -0.1) is 0 Å². The zero-order chi connectivity index (χ0) is 12.0. The summed E-state index contributed by atoms with van der Waals surface area (Å²) < 4.78 is 38.4. The number of hydrogen-bond donors (Lipinski definition) is 0. The third kappa shape index (κ3) is 1.86. The van der Waals surface area contributed by atoms with E-state index in [1.807, 2.05) is 0 Å². The maximum atomic E-state index is 13.0. The van der Waals surface area contributed by atoms with Gasteiger partial charge in [0, 0.05) is 13.1 Å². The molecule has 3 rings (SSSR count). The lowest BCUT2D eigenvalue weighted by molar-refractivity contribution is 0.0614. The topological polar surface area (TPSA) is 16.1 Å². The van der Waals surface area contributed by atoms with Crippen LogP contribution in [0.5, 0.6) is 0 Å². The number of alkyl halides is 2. The van der Waals surface area contributed by atoms with E-state index in [-0.39, 0.29) is 5.82 Å². The van der Waals surface area contributed by atoms with Crippen LogP contribution in [0.3, 0.4) is 0 Å². The zero-order valence-corrected chi connectivity index (χ0v) is 9.55. The van der Waals surface area contributed by atoms with E-state index in [0.717, 1.165) is 4.70 Å². The molecule has 0 N–H and O–H groups in total. The van der Waals surface area contributed by atoms with E-state index >= 15 is 0 Å². The molecule has 0 atom stereocenters. The lowest BCUT2D eigenvalue weighted by Gasteiger charge is -2.38. The van der Waals surface area contributed by atoms with Gasteiger partial charge >= 0.3 is 0 Å². The summed E-state index contributed by atoms with van der Waals surface area (Å²) in [5.41, 5.74) is 0.715. The van der Waals surface area contributed by atoms with Crippen molar-refractivity contribution < 1.29 is 13.2 Å². The Bertz CT molecular complexity index is 549. The molecule has 0 bridgehead atoms. The Labute approximate surface area is 99.7 Å². The van der Waals surface area contributed by atoms with E-state index in [1.54, 1.807) is 11.0 Å². The molecule has 0 radical (unpaired) electrons. The largest absolute Gasteiger partial charge is 0.347 e. The molecular weight excluding hydrogens is 249 g/mol. The Balaban J connectivity index is 1.83. The first-order valence-corrected chi connectivity index (χ1v) is 6.04. The van der Waals surface area contributed by atoms with Gasteiger partial charge in [-0.25, -0.2) is 18.2 Å². The second kappa shape index (κ2) is 3.87. The standard InChI is InChI=1S/C11H9F3N2S/c12-7-1-2-8-9(3-7)17-11(15-8)16-4-6(5-16)10(13)14/h1-3,6,10H,4-5H2. The first kappa shape index (κ1) is 10.8. The Morgan fingerprint density at radius 2 is 2.12 bits per heavy atom. The zero-order valence-electron chi connectivity index (χ0n) is 8.74. The van der Waals surface area contributed by atoms with Crippen LogP contribution in [0.2, 0.25) is 0 Å². The first-order valence-electron chi connectivity index (χ1n) is 5.22. The minimum absolute atomic E-state index is 0.304. The highest BCUT2D eigenvalue weighted by atomic mass is 32.1. The average Bonchev–Trinajstić information content (AvgIpc) is 2.56. The summed E-state index contributed by atoms with van der Waals surface area (Å²) in [6.07, 6.45) is -2.27. The molecule has 0 spiro atoms. The van der Waals surface area contributed by atoms with E-state index in [4.69, 9.17) is 0 Å². The van der Waals surface area contributed by atoms with Crippen molar-refractivity contribution in [1.29, 1.82) is 0 Å². The summed E-state index contributed by atoms with van der Waals surface area (Å²) in [5.74, 6) is -0.861. The van der Waals surface area contributed by atoms with Crippen LogP contribution in [0, 0.1) is 11.7 Å². The molecule has 6 heteroatoms. The number of rotatable bonds is 2. The summed E-state index contributed by atoms with van der Waals surface area (Å²) >= 11 is 1.34. The van der Waals surface area contributed by atoms with Crippen LogP contribution in [0.4, 0.5) is 18.3 Å². The number of aromatic nitrogens is 1. The fourth-order valence-electron chi connectivity index (χ4n) is 1.85. The molecule has 1 aliphatic rings. The number of benzene rings is 1. The predicted molar refractivity (Wildman–Crippen MR) is 61.3 cm³/mol. The molecule has 2 nitrogen and oxygen atoms in total. The Hall–Kier alpha value is -1.30. The highest BCUT2D eigenvalue weighted by Gasteiger charge is 2.35. The van der Waals surface area contributed by atoms with Gasteiger partial charge in [-0.3, -0.25) is 0 Å². The van der Waals surface area contributed by atoms with Crippen molar-refractivity contribution in [2.24, 2.45) is 5.92 Å². The molecule has 1 aromatic heterocycles. The van der Waals surface area contributed by atoms with E-state index in [9.17, 15) is 13.2 Å². The maximum Gasteiger partial charge on any atom is 0.244 e. The van der Waals surface area contributed by atoms with Crippen LogP contribution >= 0.6 is 11.3 Å². The molecular formula is C11H9F3N2S. The smallest absolute Gasteiger partial charge is 0.244 e. The van der Waals surface area contributed by atoms with E-state index < -0.39 is 12.3 Å². The first-order chi connectivity index (χ1) is 8.13. The summed E-state index contributed by atoms with van der Waals surface area (Å²) in [7, 11) is 0. The molecule has 0 saturated carbocycles. The summed E-state index contributed by atoms with van der Waals surface area (Å²) in [6, 6.07) is 4.37. The van der Waals surface area contributed by atoms with Gasteiger partial charge in [0.15, 0.2) is 5.13 Å². The molecule has 1 aliphatic heterocycles. The molecule has 0 unspecified atom stereocenters. The predicted octanol–water partition coefficient (Wildman–Crippen LogP) is 3.14. The molecule has 2 heterocycles. The highest BCUT2D eigenvalue weighted by Crippen LogP contribution is 2.34. The van der Waals surface area contributed by atoms with Crippen LogP contribution in [-0.4, -0.2) is 24.5 Å². The minimum atomic E-state index is -2.27. The van der Waals surface area contributed by atoms with Gasteiger partial charge in [-0.05, 0) is 18.2 Å². The lowest BCUT2D eigenvalue weighted by Crippen LogP contribution is -2.50. The minimum Gasteiger partial charge on any atom is -0.347 e. The van der Waals surface area contributed by atoms with E-state index in [1.165, 1.54) is 23.5 Å². The Morgan fingerprint density at radius 1 is 1.35 bits per heavy atom. The number of anilines is 1. The van der Waals surface area contributed by atoms with Crippen LogP contribution in [0.15, 0.2) is 18.2 Å². The molecule has 0 aliphatic carbocycles. The van der Waals surface area contributed by atoms with Gasteiger partial charge in [0.25, 0.3) is 0 Å². The molecule has 1 aromatic carbocycles. The number of thiazole rings is 1. The van der Waals surface area contributed by atoms with Crippen molar-refractivity contribution in [3.8, 4) is 0 Å². The number of halogens is 3. The molecule has 90 valence electrons. The summed E-state index contributed by atoms with van der Waals surface area (Å²) in [6.45, 7) is 0.667. The lowest BCUT2D eigenvalue weighted by atomic mass is 10.0. The molecule has 0 amide bonds. The van der Waals surface area contributed by atoms with Gasteiger partial charge < -0.3 is 4.90 Å². The van der Waals surface area contributed by atoms with Crippen molar-refractivity contribution in [1.82, 2.24) is 4.98 Å². The van der Waals surface area contributed by atoms with Crippen molar-refractivity contribution >= 4 is 26.7 Å². The van der Waals surface area contributed by atoms with Gasteiger partial charge in [0.05, 0.1) is 16.1 Å². The number of hydrogen-bond acceptors (Lipinski definition) is 3. The van der Waals surface area contributed by atoms with Crippen molar-refractivity contribution in [2.75, 3.05) is 18.0 Å². The number of nitrogens with zero attached hydrogens (tertiary/aromatic N) is 2. The molecule has 1 fully saturated rings. The maximum absolute atomic E-state index is 13.0. The third-order valence-electron chi connectivity index (χ3n) is 2.88. The van der Waals surface area contributed by atoms with Crippen LogP contribution in [0.1, 0.15) is 0 Å². The van der Waals surface area contributed by atoms with E-state index in [2.05, 4.69) is 4.98 Å². The van der Waals surface area contributed by atoms with Crippen LogP contribution in [-0.2, 0) is 0 Å². The highest BCUT2D eigenvalue weighted by molar-refractivity contribution is 7.22. The van der Waals surface area contributed by atoms with Gasteiger partial charge in [0.1, 0.15) is 5.82 Å². The second-order valence-corrected chi connectivity index (χ2v) is 5.12. The van der Waals surface area contributed by atoms with Crippen molar-refractivity contribution in [2.45, 2.75) is 6.43 Å². The molecule has 17 heavy (non-hydrogen) atoms. The molecule has 2 aromatic rings. The van der Waals surface area contributed by atoms with Crippen molar-refractivity contribution in [3.05, 3.63) is 24.0 Å². The fraction of sp³-hybridized carbons (Fsp3) is 0.364. The summed E-state index contributed by atoms with van der Waals surface area (Å²) in [4.78, 5) is 6.11. The summed E-state index contributed by atoms with van der Waals surface area (Å²) in [5, 5.41) is 0.697. The van der Waals surface area contributed by atoms with Crippen LogP contribution < -0.4 is 4.90 Å². The quantitative estimate of drug-likeness (QED) is 0.822. The van der Waals surface area contributed by atoms with Crippen molar-refractivity contribution in [3.63, 3.8) is 0 Å². The Kier molecular flexibility index (Phi) is 2.47. The van der Waals surface area contributed by atoms with Gasteiger partial charge in [-0.1, -0.05) is 11.3 Å². The van der Waals surface area contributed by atoms with Crippen LogP contribution in [0.25, 0.3) is 10.2 Å². The SMILES string of the molecule is Fc1ccc2nc(N3CC(C(F)F)C3)sc2c1. The number of fused-ring (bicyclic) bond motifs is 1. The normalized spacial score (nSPS) is 16.8. The fourth-order valence-corrected chi connectivity index (χ4v) is 2.86. The van der Waals surface area contributed by atoms with Gasteiger partial charge in [0.2, 0.25) is 6.43 Å². The van der Waals surface area contributed by atoms with E-state index in [0.29, 0.717) is 23.7 Å². The van der Waals surface area contributed by atoms with Gasteiger partial charge in [-0.2, -0.15) is 0 Å². The Morgan fingerprint density at radius 3 is 2.82 bits per heavy atom. The molecule has 1 saturated heterocycles.